The highest BCUT2D eigenvalue weighted by atomic mass is 32.2. The molecule has 5 heteroatoms. The van der Waals surface area contributed by atoms with Crippen molar-refractivity contribution in [3.05, 3.63) is 29.2 Å². The number of phenols is 1. The first-order valence-corrected chi connectivity index (χ1v) is 5.59. The van der Waals surface area contributed by atoms with Crippen LogP contribution in [-0.2, 0) is 9.84 Å². The molecule has 1 aromatic carbocycles. The van der Waals surface area contributed by atoms with E-state index in [2.05, 4.69) is 0 Å². The fourth-order valence-corrected chi connectivity index (χ4v) is 3.04. The maximum absolute atomic E-state index is 11.5. The van der Waals surface area contributed by atoms with Crippen LogP contribution in [0.2, 0.25) is 0 Å². The number of phenolic OH excluding ortho intramolecular Hbond substituents is 1. The lowest BCUT2D eigenvalue weighted by Crippen LogP contribution is -2.00. The number of hydrogen-bond acceptors (Lipinski definition) is 4. The van der Waals surface area contributed by atoms with Gasteiger partial charge in [-0.25, -0.2) is 8.42 Å². The Morgan fingerprint density at radius 1 is 1.36 bits per heavy atom. The third kappa shape index (κ3) is 1.13. The van der Waals surface area contributed by atoms with Gasteiger partial charge in [0.05, 0.1) is 4.90 Å². The van der Waals surface area contributed by atoms with Crippen molar-refractivity contribution in [3.63, 3.8) is 0 Å². The molecule has 0 saturated heterocycles. The Balaban J connectivity index is 2.82. The molecule has 0 amide bonds. The second-order valence-electron chi connectivity index (χ2n) is 3.04. The molecule has 2 rings (SSSR count). The molecule has 0 aromatic heterocycles. The quantitative estimate of drug-likeness (QED) is 0.708. The van der Waals surface area contributed by atoms with Crippen LogP contribution in [0, 0.1) is 0 Å². The maximum Gasteiger partial charge on any atom is 0.200 e. The van der Waals surface area contributed by atoms with Gasteiger partial charge in [-0.3, -0.25) is 0 Å². The number of nitrogens with two attached hydrogens (primary N) is 1. The average Bonchev–Trinajstić information content (AvgIpc) is 2.40. The van der Waals surface area contributed by atoms with Gasteiger partial charge >= 0.3 is 0 Å². The lowest BCUT2D eigenvalue weighted by Gasteiger charge is -2.03. The molecule has 3 N–H and O–H groups in total. The fourth-order valence-electron chi connectivity index (χ4n) is 1.54. The highest BCUT2D eigenvalue weighted by Gasteiger charge is 2.28. The molecule has 0 saturated carbocycles. The highest BCUT2D eigenvalue weighted by molar-refractivity contribution is 7.95. The van der Waals surface area contributed by atoms with Gasteiger partial charge in [0.15, 0.2) is 0 Å². The number of aromatic hydroxyl groups is 1. The predicted molar refractivity (Wildman–Crippen MR) is 52.3 cm³/mol. The lowest BCUT2D eigenvalue weighted by molar-refractivity contribution is 0.471. The van der Waals surface area contributed by atoms with E-state index < -0.39 is 9.84 Å². The zero-order chi connectivity index (χ0) is 10.3. The van der Waals surface area contributed by atoms with Gasteiger partial charge in [-0.2, -0.15) is 0 Å². The second kappa shape index (κ2) is 2.83. The van der Waals surface area contributed by atoms with Gasteiger partial charge in [-0.15, -0.1) is 0 Å². The SMILES string of the molecule is NCC1=CS(=O)(=O)c2cccc(O)c21. The van der Waals surface area contributed by atoms with Crippen molar-refractivity contribution in [1.29, 1.82) is 0 Å². The van der Waals surface area contributed by atoms with E-state index in [4.69, 9.17) is 5.73 Å². The molecular formula is C9H9NO3S. The molecule has 0 aliphatic carbocycles. The van der Waals surface area contributed by atoms with Crippen LogP contribution in [0.5, 0.6) is 5.75 Å². The van der Waals surface area contributed by atoms with E-state index >= 15 is 0 Å². The van der Waals surface area contributed by atoms with Crippen LogP contribution in [0.25, 0.3) is 5.57 Å². The molecule has 0 fully saturated rings. The van der Waals surface area contributed by atoms with E-state index in [0.29, 0.717) is 11.1 Å². The van der Waals surface area contributed by atoms with Crippen molar-refractivity contribution < 1.29 is 13.5 Å². The minimum absolute atomic E-state index is 0.0414. The summed E-state index contributed by atoms with van der Waals surface area (Å²) in [5.41, 5.74) is 6.19. The molecule has 14 heavy (non-hydrogen) atoms. The van der Waals surface area contributed by atoms with Gasteiger partial charge in [0, 0.05) is 17.5 Å². The molecule has 1 aromatic rings. The third-order valence-corrected chi connectivity index (χ3v) is 3.70. The summed E-state index contributed by atoms with van der Waals surface area (Å²) in [6.07, 6.45) is 0. The molecule has 0 atom stereocenters. The Bertz CT molecular complexity index is 517. The summed E-state index contributed by atoms with van der Waals surface area (Å²) < 4.78 is 23.1. The third-order valence-electron chi connectivity index (χ3n) is 2.15. The molecule has 0 bridgehead atoms. The Morgan fingerprint density at radius 2 is 2.07 bits per heavy atom. The first-order chi connectivity index (χ1) is 6.56. The highest BCUT2D eigenvalue weighted by Crippen LogP contribution is 2.38. The smallest absolute Gasteiger partial charge is 0.200 e. The number of sulfone groups is 1. The van der Waals surface area contributed by atoms with Crippen molar-refractivity contribution in [2.75, 3.05) is 6.54 Å². The summed E-state index contributed by atoms with van der Waals surface area (Å²) in [7, 11) is -3.39. The molecular weight excluding hydrogens is 202 g/mol. The number of rotatable bonds is 1. The van der Waals surface area contributed by atoms with E-state index in [-0.39, 0.29) is 17.2 Å². The largest absolute Gasteiger partial charge is 0.507 e. The molecule has 1 aliphatic heterocycles. The Hall–Kier alpha value is -1.33. The predicted octanol–water partition coefficient (Wildman–Crippen LogP) is 0.479. The molecule has 1 heterocycles. The molecule has 4 nitrogen and oxygen atoms in total. The zero-order valence-corrected chi connectivity index (χ0v) is 8.08. The molecule has 0 spiro atoms. The van der Waals surface area contributed by atoms with Crippen LogP contribution >= 0.6 is 0 Å². The van der Waals surface area contributed by atoms with Crippen molar-refractivity contribution in [2.24, 2.45) is 5.73 Å². The van der Waals surface area contributed by atoms with E-state index in [1.165, 1.54) is 18.2 Å². The zero-order valence-electron chi connectivity index (χ0n) is 7.27. The molecule has 1 aliphatic rings. The lowest BCUT2D eigenvalue weighted by atomic mass is 10.1. The van der Waals surface area contributed by atoms with Crippen LogP contribution in [0.4, 0.5) is 0 Å². The van der Waals surface area contributed by atoms with Crippen molar-refractivity contribution in [3.8, 4) is 5.75 Å². The van der Waals surface area contributed by atoms with Gasteiger partial charge in [0.25, 0.3) is 0 Å². The monoisotopic (exact) mass is 211 g/mol. The topological polar surface area (TPSA) is 80.4 Å². The van der Waals surface area contributed by atoms with Gasteiger partial charge < -0.3 is 10.8 Å². The van der Waals surface area contributed by atoms with Crippen molar-refractivity contribution >= 4 is 15.4 Å². The van der Waals surface area contributed by atoms with Gasteiger partial charge in [-0.05, 0) is 17.7 Å². The Labute approximate surface area is 81.6 Å². The van der Waals surface area contributed by atoms with E-state index in [1.807, 2.05) is 0 Å². The average molecular weight is 211 g/mol. The van der Waals surface area contributed by atoms with Crippen LogP contribution in [-0.4, -0.2) is 20.1 Å². The first kappa shape index (κ1) is 9.23. The molecule has 0 unspecified atom stereocenters. The minimum atomic E-state index is -3.39. The van der Waals surface area contributed by atoms with Crippen molar-refractivity contribution in [1.82, 2.24) is 0 Å². The summed E-state index contributed by atoms with van der Waals surface area (Å²) in [5.74, 6) is -0.0414. The maximum atomic E-state index is 11.5. The minimum Gasteiger partial charge on any atom is -0.507 e. The Kier molecular flexibility index (Phi) is 1.87. The Morgan fingerprint density at radius 3 is 2.71 bits per heavy atom. The number of fused-ring (bicyclic) bond motifs is 1. The summed E-state index contributed by atoms with van der Waals surface area (Å²) in [5, 5.41) is 10.6. The van der Waals surface area contributed by atoms with E-state index in [9.17, 15) is 13.5 Å². The number of benzene rings is 1. The fraction of sp³-hybridized carbons (Fsp3) is 0.111. The first-order valence-electron chi connectivity index (χ1n) is 4.04. The van der Waals surface area contributed by atoms with Gasteiger partial charge in [-0.1, -0.05) is 6.07 Å². The molecule has 0 radical (unpaired) electrons. The van der Waals surface area contributed by atoms with E-state index in [0.717, 1.165) is 5.41 Å². The standard InChI is InChI=1S/C9H9NO3S/c10-4-6-5-14(12,13)8-3-1-2-7(11)9(6)8/h1-3,5,11H,4,10H2. The second-order valence-corrected chi connectivity index (χ2v) is 4.81. The van der Waals surface area contributed by atoms with Crippen LogP contribution in [0.15, 0.2) is 28.5 Å². The van der Waals surface area contributed by atoms with Crippen LogP contribution in [0.1, 0.15) is 5.56 Å². The summed E-state index contributed by atoms with van der Waals surface area (Å²) in [6.45, 7) is 0.101. The molecule has 74 valence electrons. The normalized spacial score (nSPS) is 17.6. The van der Waals surface area contributed by atoms with Gasteiger partial charge in [0.2, 0.25) is 9.84 Å². The summed E-state index contributed by atoms with van der Waals surface area (Å²) in [4.78, 5) is 0.137. The number of hydrogen-bond donors (Lipinski definition) is 2. The summed E-state index contributed by atoms with van der Waals surface area (Å²) in [6, 6.07) is 4.41. The van der Waals surface area contributed by atoms with Crippen LogP contribution < -0.4 is 5.73 Å². The van der Waals surface area contributed by atoms with Crippen molar-refractivity contribution in [2.45, 2.75) is 4.90 Å². The van der Waals surface area contributed by atoms with E-state index in [1.54, 1.807) is 0 Å². The summed E-state index contributed by atoms with van der Waals surface area (Å²) >= 11 is 0. The van der Waals surface area contributed by atoms with Gasteiger partial charge in [0.1, 0.15) is 5.75 Å². The van der Waals surface area contributed by atoms with Crippen LogP contribution in [0.3, 0.4) is 0 Å².